The van der Waals surface area contributed by atoms with Gasteiger partial charge in [-0.1, -0.05) is 0 Å². The summed E-state index contributed by atoms with van der Waals surface area (Å²) in [5, 5.41) is 0. The highest BCUT2D eigenvalue weighted by Crippen LogP contribution is 2.23. The average Bonchev–Trinajstić information content (AvgIpc) is 3.03. The maximum Gasteiger partial charge on any atom is 0.134 e. The molecule has 0 N–H and O–H groups in total. The van der Waals surface area contributed by atoms with E-state index in [1.54, 1.807) is 6.33 Å². The molecule has 4 nitrogen and oxygen atoms in total. The average molecular weight is 218 g/mol. The van der Waals surface area contributed by atoms with Crippen LogP contribution in [0.4, 0.5) is 11.6 Å². The SMILES string of the molecule is c1nc(N2CCCC2)cc(N2CCCC2)n1. The van der Waals surface area contributed by atoms with E-state index in [9.17, 15) is 0 Å². The van der Waals surface area contributed by atoms with Crippen LogP contribution in [0.25, 0.3) is 0 Å². The molecular weight excluding hydrogens is 200 g/mol. The monoisotopic (exact) mass is 218 g/mol. The van der Waals surface area contributed by atoms with E-state index in [1.807, 2.05) is 0 Å². The van der Waals surface area contributed by atoms with Crippen LogP contribution in [-0.4, -0.2) is 36.1 Å². The van der Waals surface area contributed by atoms with E-state index in [-0.39, 0.29) is 0 Å². The first kappa shape index (κ1) is 9.87. The zero-order chi connectivity index (χ0) is 10.8. The number of anilines is 2. The van der Waals surface area contributed by atoms with E-state index in [2.05, 4.69) is 25.8 Å². The van der Waals surface area contributed by atoms with E-state index in [0.29, 0.717) is 0 Å². The quantitative estimate of drug-likeness (QED) is 0.756. The Hall–Kier alpha value is -1.32. The number of hydrogen-bond donors (Lipinski definition) is 0. The number of nitrogens with zero attached hydrogens (tertiary/aromatic N) is 4. The molecule has 0 bridgehead atoms. The van der Waals surface area contributed by atoms with Crippen molar-refractivity contribution in [2.45, 2.75) is 25.7 Å². The lowest BCUT2D eigenvalue weighted by Gasteiger charge is -2.20. The van der Waals surface area contributed by atoms with Gasteiger partial charge in [0.2, 0.25) is 0 Å². The lowest BCUT2D eigenvalue weighted by molar-refractivity contribution is 0.895. The van der Waals surface area contributed by atoms with Crippen LogP contribution >= 0.6 is 0 Å². The summed E-state index contributed by atoms with van der Waals surface area (Å²) in [6, 6.07) is 2.15. The Kier molecular flexibility index (Phi) is 2.64. The summed E-state index contributed by atoms with van der Waals surface area (Å²) in [6.45, 7) is 4.60. The third kappa shape index (κ3) is 1.84. The molecule has 0 spiro atoms. The summed E-state index contributed by atoms with van der Waals surface area (Å²) in [5.41, 5.74) is 0. The van der Waals surface area contributed by atoms with Gasteiger partial charge >= 0.3 is 0 Å². The second kappa shape index (κ2) is 4.28. The standard InChI is InChI=1S/C12H18N4/c1-2-6-15(5-1)11-9-12(14-10-13-11)16-7-3-4-8-16/h9-10H,1-8H2. The molecule has 0 aliphatic carbocycles. The molecule has 0 saturated carbocycles. The fraction of sp³-hybridized carbons (Fsp3) is 0.667. The predicted octanol–water partition coefficient (Wildman–Crippen LogP) is 1.68. The Bertz CT molecular complexity index is 323. The third-order valence-electron chi connectivity index (χ3n) is 3.50. The summed E-state index contributed by atoms with van der Waals surface area (Å²) >= 11 is 0. The van der Waals surface area contributed by atoms with Crippen molar-refractivity contribution in [2.24, 2.45) is 0 Å². The van der Waals surface area contributed by atoms with Gasteiger partial charge in [-0.15, -0.1) is 0 Å². The van der Waals surface area contributed by atoms with Gasteiger partial charge in [0, 0.05) is 32.2 Å². The molecule has 16 heavy (non-hydrogen) atoms. The first-order chi connectivity index (χ1) is 7.93. The minimum atomic E-state index is 1.11. The Morgan fingerprint density at radius 1 is 0.750 bits per heavy atom. The van der Waals surface area contributed by atoms with E-state index >= 15 is 0 Å². The first-order valence-electron chi connectivity index (χ1n) is 6.25. The minimum absolute atomic E-state index is 1.11. The summed E-state index contributed by atoms with van der Waals surface area (Å²) in [6.07, 6.45) is 6.89. The lowest BCUT2D eigenvalue weighted by atomic mass is 10.4. The fourth-order valence-corrected chi connectivity index (χ4v) is 2.58. The van der Waals surface area contributed by atoms with Crippen LogP contribution in [0.3, 0.4) is 0 Å². The van der Waals surface area contributed by atoms with Gasteiger partial charge in [0.15, 0.2) is 0 Å². The van der Waals surface area contributed by atoms with Gasteiger partial charge in [0.05, 0.1) is 0 Å². The highest BCUT2D eigenvalue weighted by molar-refractivity contribution is 5.50. The van der Waals surface area contributed by atoms with Gasteiger partial charge in [-0.2, -0.15) is 0 Å². The van der Waals surface area contributed by atoms with E-state index in [1.165, 1.54) is 25.7 Å². The van der Waals surface area contributed by atoms with Crippen molar-refractivity contribution in [3.05, 3.63) is 12.4 Å². The molecule has 2 saturated heterocycles. The molecule has 3 heterocycles. The second-order valence-corrected chi connectivity index (χ2v) is 4.62. The van der Waals surface area contributed by atoms with E-state index in [0.717, 1.165) is 37.8 Å². The first-order valence-corrected chi connectivity index (χ1v) is 6.25. The third-order valence-corrected chi connectivity index (χ3v) is 3.50. The Morgan fingerprint density at radius 2 is 1.19 bits per heavy atom. The van der Waals surface area contributed by atoms with Gasteiger partial charge in [0.25, 0.3) is 0 Å². The van der Waals surface area contributed by atoms with Crippen molar-refractivity contribution in [1.82, 2.24) is 9.97 Å². The molecule has 2 aliphatic rings. The second-order valence-electron chi connectivity index (χ2n) is 4.62. The van der Waals surface area contributed by atoms with Crippen LogP contribution in [0, 0.1) is 0 Å². The molecule has 1 aromatic rings. The molecule has 0 radical (unpaired) electrons. The summed E-state index contributed by atoms with van der Waals surface area (Å²) < 4.78 is 0. The summed E-state index contributed by atoms with van der Waals surface area (Å²) in [7, 11) is 0. The molecule has 2 fully saturated rings. The zero-order valence-electron chi connectivity index (χ0n) is 9.60. The Balaban J connectivity index is 1.81. The molecule has 86 valence electrons. The highest BCUT2D eigenvalue weighted by atomic mass is 15.2. The minimum Gasteiger partial charge on any atom is -0.356 e. The Morgan fingerprint density at radius 3 is 1.62 bits per heavy atom. The van der Waals surface area contributed by atoms with Crippen molar-refractivity contribution < 1.29 is 0 Å². The van der Waals surface area contributed by atoms with Gasteiger partial charge in [0.1, 0.15) is 18.0 Å². The molecule has 3 rings (SSSR count). The number of aromatic nitrogens is 2. The van der Waals surface area contributed by atoms with Crippen LogP contribution in [0.5, 0.6) is 0 Å². The molecule has 1 aromatic heterocycles. The summed E-state index contributed by atoms with van der Waals surface area (Å²) in [5.74, 6) is 2.21. The van der Waals surface area contributed by atoms with Gasteiger partial charge in [-0.3, -0.25) is 0 Å². The maximum absolute atomic E-state index is 4.38. The Labute approximate surface area is 96.3 Å². The largest absolute Gasteiger partial charge is 0.356 e. The van der Waals surface area contributed by atoms with Crippen molar-refractivity contribution >= 4 is 11.6 Å². The van der Waals surface area contributed by atoms with E-state index < -0.39 is 0 Å². The van der Waals surface area contributed by atoms with Gasteiger partial charge in [-0.05, 0) is 25.7 Å². The topological polar surface area (TPSA) is 32.3 Å². The summed E-state index contributed by atoms with van der Waals surface area (Å²) in [4.78, 5) is 13.5. The number of rotatable bonds is 2. The highest BCUT2D eigenvalue weighted by Gasteiger charge is 2.17. The lowest BCUT2D eigenvalue weighted by Crippen LogP contribution is -2.22. The van der Waals surface area contributed by atoms with Crippen molar-refractivity contribution in [3.8, 4) is 0 Å². The zero-order valence-corrected chi connectivity index (χ0v) is 9.60. The van der Waals surface area contributed by atoms with Gasteiger partial charge < -0.3 is 9.80 Å². The van der Waals surface area contributed by atoms with Crippen molar-refractivity contribution in [1.29, 1.82) is 0 Å². The van der Waals surface area contributed by atoms with Gasteiger partial charge in [-0.25, -0.2) is 9.97 Å². The van der Waals surface area contributed by atoms with Crippen LogP contribution in [0.1, 0.15) is 25.7 Å². The normalized spacial score (nSPS) is 20.8. The smallest absolute Gasteiger partial charge is 0.134 e. The number of hydrogen-bond acceptors (Lipinski definition) is 4. The fourth-order valence-electron chi connectivity index (χ4n) is 2.58. The molecule has 0 amide bonds. The molecule has 4 heteroatoms. The molecule has 0 aromatic carbocycles. The molecule has 0 unspecified atom stereocenters. The van der Waals surface area contributed by atoms with Crippen LogP contribution < -0.4 is 9.80 Å². The molecule has 2 aliphatic heterocycles. The van der Waals surface area contributed by atoms with E-state index in [4.69, 9.17) is 0 Å². The maximum atomic E-state index is 4.38. The van der Waals surface area contributed by atoms with Crippen molar-refractivity contribution in [3.63, 3.8) is 0 Å². The van der Waals surface area contributed by atoms with Crippen molar-refractivity contribution in [2.75, 3.05) is 36.0 Å². The van der Waals surface area contributed by atoms with Crippen LogP contribution in [0.15, 0.2) is 12.4 Å². The molecular formula is C12H18N4. The van der Waals surface area contributed by atoms with Crippen LogP contribution in [0.2, 0.25) is 0 Å². The van der Waals surface area contributed by atoms with Crippen LogP contribution in [-0.2, 0) is 0 Å². The predicted molar refractivity (Wildman–Crippen MR) is 64.9 cm³/mol. The molecule has 0 atom stereocenters.